The number of rotatable bonds is 5. The monoisotopic (exact) mass is 474 g/mol. The van der Waals surface area contributed by atoms with Gasteiger partial charge in [0.25, 0.3) is 0 Å². The molecule has 1 fully saturated rings. The van der Waals surface area contributed by atoms with Gasteiger partial charge in [0, 0.05) is 50.3 Å². The van der Waals surface area contributed by atoms with Gasteiger partial charge in [-0.1, -0.05) is 0 Å². The van der Waals surface area contributed by atoms with Crippen LogP contribution < -0.4 is 15.5 Å². The number of halogens is 1. The van der Waals surface area contributed by atoms with Crippen molar-refractivity contribution in [3.8, 4) is 0 Å². The second-order valence-corrected chi connectivity index (χ2v) is 9.06. The molecular weight excluding hydrogens is 447 g/mol. The highest BCUT2D eigenvalue weighted by molar-refractivity contribution is 5.90. The maximum Gasteiger partial charge on any atom is 0.225 e. The fraction of sp³-hybridized carbons (Fsp3) is 0.360. The molecule has 0 bridgehead atoms. The molecule has 1 aromatic carbocycles. The third-order valence-corrected chi connectivity index (χ3v) is 6.56. The molecule has 1 atom stereocenters. The number of nitrogens with one attached hydrogen (secondary N) is 2. The minimum absolute atomic E-state index is 0.168. The first kappa shape index (κ1) is 21.7. The van der Waals surface area contributed by atoms with Crippen LogP contribution in [0, 0.1) is 5.82 Å². The van der Waals surface area contributed by atoms with Gasteiger partial charge in [0.15, 0.2) is 0 Å². The van der Waals surface area contributed by atoms with Crippen LogP contribution in [-0.2, 0) is 24.8 Å². The Hall–Kier alpha value is -3.79. The van der Waals surface area contributed by atoms with Gasteiger partial charge >= 0.3 is 0 Å². The van der Waals surface area contributed by atoms with Crippen LogP contribution in [0.5, 0.6) is 0 Å². The Morgan fingerprint density at radius 2 is 2.11 bits per heavy atom. The minimum Gasteiger partial charge on any atom is -0.379 e. The molecular formula is C25H27FN8O. The van der Waals surface area contributed by atoms with Crippen molar-refractivity contribution in [3.05, 3.63) is 59.8 Å². The first-order chi connectivity index (χ1) is 17.1. The number of aryl methyl sites for hydroxylation is 1. The van der Waals surface area contributed by atoms with Crippen LogP contribution in [0.25, 0.3) is 10.9 Å². The Kier molecular flexibility index (Phi) is 5.65. The van der Waals surface area contributed by atoms with E-state index in [0.717, 1.165) is 61.0 Å². The fourth-order valence-electron chi connectivity index (χ4n) is 4.75. The van der Waals surface area contributed by atoms with Crippen LogP contribution in [-0.4, -0.2) is 50.5 Å². The number of pyridine rings is 1. The van der Waals surface area contributed by atoms with Crippen LogP contribution in [0.15, 0.2) is 42.7 Å². The van der Waals surface area contributed by atoms with E-state index in [9.17, 15) is 4.39 Å². The predicted molar refractivity (Wildman–Crippen MR) is 132 cm³/mol. The van der Waals surface area contributed by atoms with E-state index in [-0.39, 0.29) is 11.9 Å². The van der Waals surface area contributed by atoms with Crippen molar-refractivity contribution in [2.24, 2.45) is 7.05 Å². The van der Waals surface area contributed by atoms with Crippen molar-refractivity contribution in [1.29, 1.82) is 0 Å². The molecule has 2 N–H and O–H groups in total. The van der Waals surface area contributed by atoms with Gasteiger partial charge in [0.2, 0.25) is 5.95 Å². The molecule has 0 radical (unpaired) electrons. The highest BCUT2D eigenvalue weighted by atomic mass is 19.1. The van der Waals surface area contributed by atoms with Gasteiger partial charge in [0.05, 0.1) is 36.2 Å². The van der Waals surface area contributed by atoms with Crippen LogP contribution in [0.4, 0.5) is 27.7 Å². The third kappa shape index (κ3) is 4.49. The van der Waals surface area contributed by atoms with Gasteiger partial charge in [-0.05, 0) is 42.7 Å². The molecule has 2 aliphatic rings. The van der Waals surface area contributed by atoms with E-state index in [2.05, 4.69) is 31.7 Å². The van der Waals surface area contributed by atoms with Crippen molar-refractivity contribution >= 4 is 34.2 Å². The Labute approximate surface area is 202 Å². The number of fused-ring (bicyclic) bond motifs is 2. The van der Waals surface area contributed by atoms with Gasteiger partial charge in [-0.3, -0.25) is 9.67 Å². The van der Waals surface area contributed by atoms with Crippen LogP contribution >= 0.6 is 0 Å². The zero-order chi connectivity index (χ0) is 23.8. The van der Waals surface area contributed by atoms with E-state index in [1.54, 1.807) is 16.9 Å². The van der Waals surface area contributed by atoms with Gasteiger partial charge < -0.3 is 20.3 Å². The number of hydrogen-bond acceptors (Lipinski definition) is 8. The van der Waals surface area contributed by atoms with Gasteiger partial charge in [-0.2, -0.15) is 10.1 Å². The number of ether oxygens (including phenoxy) is 1. The van der Waals surface area contributed by atoms with Gasteiger partial charge in [0.1, 0.15) is 17.5 Å². The number of aromatic nitrogens is 5. The van der Waals surface area contributed by atoms with Crippen LogP contribution in [0.2, 0.25) is 0 Å². The topological polar surface area (TPSA) is 93.0 Å². The summed E-state index contributed by atoms with van der Waals surface area (Å²) in [6.45, 7) is 2.79. The van der Waals surface area contributed by atoms with E-state index in [1.807, 2.05) is 19.3 Å². The molecule has 2 aliphatic heterocycles. The summed E-state index contributed by atoms with van der Waals surface area (Å²) >= 11 is 0. The number of nitrogens with zero attached hydrogens (tertiary/aromatic N) is 6. The van der Waals surface area contributed by atoms with E-state index in [1.165, 1.54) is 12.1 Å². The highest BCUT2D eigenvalue weighted by Gasteiger charge is 2.23. The highest BCUT2D eigenvalue weighted by Crippen LogP contribution is 2.31. The molecule has 1 unspecified atom stereocenters. The molecule has 180 valence electrons. The molecule has 9 nitrogen and oxygen atoms in total. The summed E-state index contributed by atoms with van der Waals surface area (Å²) in [6.07, 6.45) is 6.40. The summed E-state index contributed by atoms with van der Waals surface area (Å²) in [7, 11) is 1.89. The molecule has 5 heterocycles. The van der Waals surface area contributed by atoms with Crippen molar-refractivity contribution in [2.75, 3.05) is 35.3 Å². The quantitative estimate of drug-likeness (QED) is 0.451. The normalized spacial score (nSPS) is 17.9. The number of benzene rings is 1. The molecule has 1 saturated heterocycles. The summed E-state index contributed by atoms with van der Waals surface area (Å²) in [5, 5.41) is 11.7. The lowest BCUT2D eigenvalue weighted by atomic mass is 10.0. The van der Waals surface area contributed by atoms with Crippen molar-refractivity contribution in [3.63, 3.8) is 0 Å². The molecule has 35 heavy (non-hydrogen) atoms. The molecule has 3 aromatic heterocycles. The molecule has 4 aromatic rings. The smallest absolute Gasteiger partial charge is 0.225 e. The Balaban J connectivity index is 1.32. The largest absolute Gasteiger partial charge is 0.379 e. The van der Waals surface area contributed by atoms with Crippen molar-refractivity contribution < 1.29 is 9.13 Å². The third-order valence-electron chi connectivity index (χ3n) is 6.56. The van der Waals surface area contributed by atoms with Gasteiger partial charge in [-0.25, -0.2) is 9.37 Å². The SMILES string of the molecule is Cn1nccc1Nc1cnc2c(c1)CN(c1nc(NC3CCCOC3)nc3ccc(F)cc13)CC2. The Morgan fingerprint density at radius 3 is 2.94 bits per heavy atom. The Morgan fingerprint density at radius 1 is 1.17 bits per heavy atom. The minimum atomic E-state index is -0.300. The zero-order valence-corrected chi connectivity index (χ0v) is 19.5. The lowest BCUT2D eigenvalue weighted by Crippen LogP contribution is -2.33. The summed E-state index contributed by atoms with van der Waals surface area (Å²) in [6, 6.07) is 8.88. The summed E-state index contributed by atoms with van der Waals surface area (Å²) in [5.41, 5.74) is 3.79. The lowest BCUT2D eigenvalue weighted by molar-refractivity contribution is 0.0874. The van der Waals surface area contributed by atoms with E-state index in [0.29, 0.717) is 30.0 Å². The predicted octanol–water partition coefficient (Wildman–Crippen LogP) is 3.79. The molecule has 10 heteroatoms. The van der Waals surface area contributed by atoms with Crippen LogP contribution in [0.3, 0.4) is 0 Å². The first-order valence-corrected chi connectivity index (χ1v) is 11.9. The van der Waals surface area contributed by atoms with Crippen molar-refractivity contribution in [2.45, 2.75) is 31.8 Å². The molecule has 6 rings (SSSR count). The molecule has 0 spiro atoms. The van der Waals surface area contributed by atoms with E-state index >= 15 is 0 Å². The maximum atomic E-state index is 14.2. The van der Waals surface area contributed by atoms with E-state index in [4.69, 9.17) is 14.7 Å². The number of anilines is 4. The first-order valence-electron chi connectivity index (χ1n) is 11.9. The average molecular weight is 475 g/mol. The number of hydrogen-bond donors (Lipinski definition) is 2. The van der Waals surface area contributed by atoms with Gasteiger partial charge in [-0.15, -0.1) is 0 Å². The van der Waals surface area contributed by atoms with Crippen LogP contribution in [0.1, 0.15) is 24.1 Å². The lowest BCUT2D eigenvalue weighted by Gasteiger charge is -2.31. The average Bonchev–Trinajstić information content (AvgIpc) is 3.28. The maximum absolute atomic E-state index is 14.2. The molecule has 0 amide bonds. The van der Waals surface area contributed by atoms with E-state index < -0.39 is 0 Å². The standard InChI is InChI=1S/C25H27FN8O/c1-33-23(6-8-28-33)29-19-11-16-14-34(9-7-21(16)27-13-19)24-20-12-17(26)4-5-22(20)31-25(32-24)30-18-3-2-10-35-15-18/h4-6,8,11-13,18,29H,2-3,7,9-10,14-15H2,1H3,(H,30,31,32). The summed E-state index contributed by atoms with van der Waals surface area (Å²) in [4.78, 5) is 16.4. The fourth-order valence-corrected chi connectivity index (χ4v) is 4.75. The summed E-state index contributed by atoms with van der Waals surface area (Å²) in [5.74, 6) is 1.86. The second kappa shape index (κ2) is 9.10. The molecule has 0 saturated carbocycles. The summed E-state index contributed by atoms with van der Waals surface area (Å²) < 4.78 is 21.6. The molecule has 0 aliphatic carbocycles. The zero-order valence-electron chi connectivity index (χ0n) is 19.5. The Bertz CT molecular complexity index is 1370. The second-order valence-electron chi connectivity index (χ2n) is 9.06. The van der Waals surface area contributed by atoms with Crippen molar-refractivity contribution in [1.82, 2.24) is 24.7 Å².